The van der Waals surface area contributed by atoms with Gasteiger partial charge >= 0.3 is 0 Å². The van der Waals surface area contributed by atoms with E-state index >= 15 is 0 Å². The Morgan fingerprint density at radius 1 is 0.253 bits per heavy atom. The van der Waals surface area contributed by atoms with Crippen LogP contribution in [0.5, 0.6) is 0 Å². The molecule has 14 aromatic rings. The van der Waals surface area contributed by atoms with Crippen LogP contribution in [-0.4, -0.2) is 4.57 Å². The van der Waals surface area contributed by atoms with Gasteiger partial charge in [0.25, 0.3) is 0 Å². The van der Waals surface area contributed by atoms with E-state index in [0.717, 1.165) is 22.7 Å². The van der Waals surface area contributed by atoms with Crippen molar-refractivity contribution in [1.29, 1.82) is 0 Å². The van der Waals surface area contributed by atoms with Crippen LogP contribution in [0.4, 0.5) is 17.1 Å². The molecule has 0 radical (unpaired) electrons. The molecule has 0 saturated carbocycles. The maximum atomic E-state index is 2.47. The van der Waals surface area contributed by atoms with Gasteiger partial charge in [-0.05, 0) is 166 Å². The lowest BCUT2D eigenvalue weighted by Crippen LogP contribution is -2.25. The van der Waals surface area contributed by atoms with Crippen molar-refractivity contribution in [2.45, 2.75) is 5.41 Å². The van der Waals surface area contributed by atoms with Gasteiger partial charge < -0.3 is 9.47 Å². The van der Waals surface area contributed by atoms with Crippen LogP contribution in [0.2, 0.25) is 0 Å². The van der Waals surface area contributed by atoms with Crippen LogP contribution in [0.15, 0.2) is 279 Å². The van der Waals surface area contributed by atoms with Crippen molar-refractivity contribution in [3.63, 3.8) is 0 Å². The minimum atomic E-state index is -0.411. The SMILES string of the molecule is c1ccc(-n2c3ccccc3c3c(-c4cccc(-c5ccc(N(c6ccc7c(c6)-c6ccccc6C76c7ccccc7-c7ccccc76)c6ccc7c8ccccc8c8ccccc8c7c6)cc5)c4)cccc32)cc1. The van der Waals surface area contributed by atoms with E-state index in [0.29, 0.717) is 0 Å². The number of benzene rings is 13. The van der Waals surface area contributed by atoms with Crippen LogP contribution in [0.25, 0.3) is 104 Å². The Hall–Kier alpha value is -9.76. The summed E-state index contributed by atoms with van der Waals surface area (Å²) in [6.07, 6.45) is 0. The van der Waals surface area contributed by atoms with Crippen LogP contribution in [-0.2, 0) is 5.41 Å². The Morgan fingerprint density at radius 2 is 0.720 bits per heavy atom. The van der Waals surface area contributed by atoms with Gasteiger partial charge in [-0.2, -0.15) is 0 Å². The normalized spacial score (nSPS) is 12.9. The maximum absolute atomic E-state index is 2.47. The van der Waals surface area contributed by atoms with Crippen LogP contribution in [0.1, 0.15) is 22.3 Å². The number of aromatic nitrogens is 1. The second-order valence-electron chi connectivity index (χ2n) is 20.3. The van der Waals surface area contributed by atoms with Gasteiger partial charge in [0.05, 0.1) is 16.4 Å². The van der Waals surface area contributed by atoms with Crippen LogP contribution >= 0.6 is 0 Å². The summed E-state index contributed by atoms with van der Waals surface area (Å²) in [4.78, 5) is 2.47. The van der Waals surface area contributed by atoms with Crippen molar-refractivity contribution in [3.05, 3.63) is 301 Å². The van der Waals surface area contributed by atoms with Crippen molar-refractivity contribution >= 4 is 71.2 Å². The zero-order valence-corrected chi connectivity index (χ0v) is 41.0. The highest BCUT2D eigenvalue weighted by Gasteiger charge is 2.51. The van der Waals surface area contributed by atoms with Gasteiger partial charge in [0.2, 0.25) is 0 Å². The molecule has 0 N–H and O–H groups in total. The summed E-state index contributed by atoms with van der Waals surface area (Å²) in [6.45, 7) is 0. The highest BCUT2D eigenvalue weighted by molar-refractivity contribution is 6.26. The average molecular weight is 951 g/mol. The number of nitrogens with zero attached hydrogens (tertiary/aromatic N) is 2. The third kappa shape index (κ3) is 5.97. The summed E-state index contributed by atoms with van der Waals surface area (Å²) in [5.74, 6) is 0. The van der Waals surface area contributed by atoms with Gasteiger partial charge in [0, 0.05) is 33.5 Å². The lowest BCUT2D eigenvalue weighted by molar-refractivity contribution is 0.794. The largest absolute Gasteiger partial charge is 0.310 e. The topological polar surface area (TPSA) is 8.17 Å². The van der Waals surface area contributed by atoms with Crippen LogP contribution < -0.4 is 4.90 Å². The van der Waals surface area contributed by atoms with Gasteiger partial charge in [-0.1, -0.05) is 212 Å². The van der Waals surface area contributed by atoms with Crippen molar-refractivity contribution < 1.29 is 0 Å². The fourth-order valence-electron chi connectivity index (χ4n) is 13.5. The first-order valence-electron chi connectivity index (χ1n) is 26.1. The third-order valence-electron chi connectivity index (χ3n) is 16.6. The van der Waals surface area contributed by atoms with Crippen molar-refractivity contribution in [3.8, 4) is 50.2 Å². The Balaban J connectivity index is 0.865. The lowest BCUT2D eigenvalue weighted by Gasteiger charge is -2.31. The van der Waals surface area contributed by atoms with E-state index in [1.54, 1.807) is 0 Å². The van der Waals surface area contributed by atoms with Crippen LogP contribution in [0.3, 0.4) is 0 Å². The molecule has 2 nitrogen and oxygen atoms in total. The van der Waals surface area contributed by atoms with Crippen molar-refractivity contribution in [1.82, 2.24) is 4.57 Å². The summed E-state index contributed by atoms with van der Waals surface area (Å²) >= 11 is 0. The zero-order chi connectivity index (χ0) is 49.2. The van der Waals surface area contributed by atoms with Gasteiger partial charge in [-0.15, -0.1) is 0 Å². The summed E-state index contributed by atoms with van der Waals surface area (Å²) < 4.78 is 2.40. The lowest BCUT2D eigenvalue weighted by atomic mass is 9.70. The highest BCUT2D eigenvalue weighted by atomic mass is 15.1. The van der Waals surface area contributed by atoms with Gasteiger partial charge in [-0.3, -0.25) is 0 Å². The predicted molar refractivity (Wildman–Crippen MR) is 315 cm³/mol. The van der Waals surface area contributed by atoms with E-state index in [9.17, 15) is 0 Å². The number of fused-ring (bicyclic) bond motifs is 19. The standard InChI is InChI=1S/C73H46N2/c1-2-20-50(21-3-1)75-70-34-15-11-29-63(70)72-54(30-17-35-71(72)75)49-19-16-18-48(44-49)47-36-38-51(39-37-47)74(52-40-42-59-57-24-5-4-22-55(57)56-23-6-7-25-58(56)64(59)45-52)53-41-43-69-65(46-53)62-28-10-14-33-68(62)73(69)66-31-12-8-26-60(66)61-27-9-13-32-67(61)73/h1-46H. The third-order valence-corrected chi connectivity index (χ3v) is 16.6. The van der Waals surface area contributed by atoms with Gasteiger partial charge in [0.15, 0.2) is 0 Å². The molecule has 0 unspecified atom stereocenters. The molecule has 0 amide bonds. The molecule has 2 aliphatic rings. The zero-order valence-electron chi connectivity index (χ0n) is 41.0. The summed E-state index contributed by atoms with van der Waals surface area (Å²) in [5.41, 5.74) is 21.8. The van der Waals surface area contributed by atoms with E-state index < -0.39 is 5.41 Å². The predicted octanol–water partition coefficient (Wildman–Crippen LogP) is 19.4. The molecule has 2 heteroatoms. The monoisotopic (exact) mass is 950 g/mol. The molecule has 16 rings (SSSR count). The Morgan fingerprint density at radius 3 is 1.40 bits per heavy atom. The molecule has 75 heavy (non-hydrogen) atoms. The summed E-state index contributed by atoms with van der Waals surface area (Å²) in [5, 5.41) is 10.1. The number of hydrogen-bond acceptors (Lipinski definition) is 1. The van der Waals surface area contributed by atoms with Gasteiger partial charge in [-0.25, -0.2) is 0 Å². The second kappa shape index (κ2) is 16.1. The van der Waals surface area contributed by atoms with Crippen LogP contribution in [0, 0.1) is 0 Å². The van der Waals surface area contributed by atoms with Crippen molar-refractivity contribution in [2.75, 3.05) is 4.90 Å². The first-order chi connectivity index (χ1) is 37.2. The quantitative estimate of drug-likeness (QED) is 0.151. The molecule has 13 aromatic carbocycles. The average Bonchev–Trinajstić information content (AvgIpc) is 4.16. The van der Waals surface area contributed by atoms with E-state index in [-0.39, 0.29) is 0 Å². The van der Waals surface area contributed by atoms with E-state index in [2.05, 4.69) is 289 Å². The summed E-state index contributed by atoms with van der Waals surface area (Å²) in [6, 6.07) is 104. The number of hydrogen-bond donors (Lipinski definition) is 0. The highest BCUT2D eigenvalue weighted by Crippen LogP contribution is 2.63. The summed E-state index contributed by atoms with van der Waals surface area (Å²) in [7, 11) is 0. The molecule has 0 saturated heterocycles. The minimum Gasteiger partial charge on any atom is -0.310 e. The Bertz CT molecular complexity index is 4570. The number of rotatable bonds is 6. The Kier molecular flexibility index (Phi) is 8.99. The molecule has 0 fully saturated rings. The fourth-order valence-corrected chi connectivity index (χ4v) is 13.5. The van der Waals surface area contributed by atoms with Crippen molar-refractivity contribution in [2.24, 2.45) is 0 Å². The fraction of sp³-hybridized carbons (Fsp3) is 0.0137. The van der Waals surface area contributed by atoms with E-state index in [1.807, 2.05) is 0 Å². The number of para-hydroxylation sites is 2. The van der Waals surface area contributed by atoms with Gasteiger partial charge in [0.1, 0.15) is 0 Å². The smallest absolute Gasteiger partial charge is 0.0725 e. The molecular formula is C73H46N2. The minimum absolute atomic E-state index is 0.411. The second-order valence-corrected chi connectivity index (χ2v) is 20.3. The van der Waals surface area contributed by atoms with E-state index in [4.69, 9.17) is 0 Å². The molecule has 348 valence electrons. The molecule has 2 aliphatic carbocycles. The molecule has 0 bridgehead atoms. The Labute approximate surface area is 435 Å². The van der Waals surface area contributed by atoms with E-state index in [1.165, 1.54) is 121 Å². The molecule has 1 heterocycles. The molecule has 1 aromatic heterocycles. The molecule has 0 atom stereocenters. The first-order valence-corrected chi connectivity index (χ1v) is 26.1. The molecule has 0 aliphatic heterocycles. The maximum Gasteiger partial charge on any atom is 0.0725 e. The number of anilines is 3. The molecule has 1 spiro atoms. The molecular weight excluding hydrogens is 905 g/mol. The first kappa shape index (κ1) is 41.8.